The summed E-state index contributed by atoms with van der Waals surface area (Å²) in [5.74, 6) is -0.281. The van der Waals surface area contributed by atoms with Crippen LogP contribution in [0.15, 0.2) is 22.9 Å². The molecule has 5 nitrogen and oxygen atoms in total. The van der Waals surface area contributed by atoms with Crippen molar-refractivity contribution in [1.29, 1.82) is 0 Å². The summed E-state index contributed by atoms with van der Waals surface area (Å²) < 4.78 is 0.604. The number of pyridine rings is 1. The quantitative estimate of drug-likeness (QED) is 0.809. The van der Waals surface area contributed by atoms with E-state index in [4.69, 9.17) is 0 Å². The zero-order valence-electron chi connectivity index (χ0n) is 10.4. The second kappa shape index (κ2) is 7.10. The molecule has 98 valence electrons. The molecule has 1 aromatic rings. The highest BCUT2D eigenvalue weighted by molar-refractivity contribution is 9.10. The molecular weight excluding hydrogens is 298 g/mol. The predicted molar refractivity (Wildman–Crippen MR) is 72.2 cm³/mol. The van der Waals surface area contributed by atoms with E-state index in [9.17, 15) is 9.59 Å². The summed E-state index contributed by atoms with van der Waals surface area (Å²) in [4.78, 5) is 27.0. The molecule has 2 N–H and O–H groups in total. The second-order valence-electron chi connectivity index (χ2n) is 4.10. The first-order valence-electron chi connectivity index (χ1n) is 5.68. The maximum atomic E-state index is 11.7. The molecule has 0 unspecified atom stereocenters. The van der Waals surface area contributed by atoms with Gasteiger partial charge < -0.3 is 10.6 Å². The highest BCUT2D eigenvalue weighted by atomic mass is 79.9. The molecule has 18 heavy (non-hydrogen) atoms. The molecule has 0 aliphatic rings. The number of amides is 2. The van der Waals surface area contributed by atoms with Crippen molar-refractivity contribution >= 4 is 27.7 Å². The van der Waals surface area contributed by atoms with Gasteiger partial charge in [-0.2, -0.15) is 0 Å². The van der Waals surface area contributed by atoms with Crippen LogP contribution in [-0.4, -0.2) is 29.4 Å². The van der Waals surface area contributed by atoms with Gasteiger partial charge in [-0.05, 0) is 41.9 Å². The lowest BCUT2D eigenvalue weighted by Gasteiger charge is -2.09. The largest absolute Gasteiger partial charge is 0.354 e. The predicted octanol–water partition coefficient (Wildman–Crippen LogP) is 1.49. The van der Waals surface area contributed by atoms with Crippen molar-refractivity contribution in [1.82, 2.24) is 15.6 Å². The summed E-state index contributed by atoms with van der Waals surface area (Å²) in [6.07, 6.45) is 1.82. The Morgan fingerprint density at radius 3 is 2.78 bits per heavy atom. The Bertz CT molecular complexity index is 435. The number of rotatable bonds is 5. The molecule has 1 rings (SSSR count). The van der Waals surface area contributed by atoms with E-state index < -0.39 is 0 Å². The highest BCUT2D eigenvalue weighted by Gasteiger charge is 2.07. The van der Waals surface area contributed by atoms with E-state index in [1.54, 1.807) is 18.3 Å². The maximum Gasteiger partial charge on any atom is 0.251 e. The average Bonchev–Trinajstić information content (AvgIpc) is 2.27. The smallest absolute Gasteiger partial charge is 0.251 e. The zero-order chi connectivity index (χ0) is 13.5. The van der Waals surface area contributed by atoms with Crippen LogP contribution in [0.5, 0.6) is 0 Å². The minimum Gasteiger partial charge on any atom is -0.354 e. The van der Waals surface area contributed by atoms with Crippen LogP contribution in [-0.2, 0) is 4.79 Å². The summed E-state index contributed by atoms with van der Waals surface area (Å²) in [6.45, 7) is 4.10. The van der Waals surface area contributed by atoms with Gasteiger partial charge in [0.2, 0.25) is 5.91 Å². The number of hydrogen-bond donors (Lipinski definition) is 2. The Hall–Kier alpha value is -1.43. The second-order valence-corrected chi connectivity index (χ2v) is 4.91. The summed E-state index contributed by atoms with van der Waals surface area (Å²) >= 11 is 3.19. The number of nitrogens with one attached hydrogen (secondary N) is 2. The highest BCUT2D eigenvalue weighted by Crippen LogP contribution is 2.07. The normalized spacial score (nSPS) is 10.2. The molecule has 0 spiro atoms. The Morgan fingerprint density at radius 2 is 2.17 bits per heavy atom. The van der Waals surface area contributed by atoms with E-state index in [2.05, 4.69) is 31.5 Å². The van der Waals surface area contributed by atoms with Crippen molar-refractivity contribution in [3.8, 4) is 0 Å². The van der Waals surface area contributed by atoms with Crippen molar-refractivity contribution in [2.75, 3.05) is 6.54 Å². The van der Waals surface area contributed by atoms with Gasteiger partial charge in [-0.25, -0.2) is 4.98 Å². The number of hydrogen-bond acceptors (Lipinski definition) is 3. The lowest BCUT2D eigenvalue weighted by Crippen LogP contribution is -2.34. The molecule has 0 saturated carbocycles. The summed E-state index contributed by atoms with van der Waals surface area (Å²) in [6, 6.07) is 3.36. The van der Waals surface area contributed by atoms with Crippen LogP contribution in [0.2, 0.25) is 0 Å². The number of nitrogens with zero attached hydrogens (tertiary/aromatic N) is 1. The number of aromatic nitrogens is 1. The fraction of sp³-hybridized carbons (Fsp3) is 0.417. The van der Waals surface area contributed by atoms with Gasteiger partial charge in [0.15, 0.2) is 0 Å². The first-order chi connectivity index (χ1) is 8.49. The molecule has 0 radical (unpaired) electrons. The van der Waals surface area contributed by atoms with E-state index in [0.29, 0.717) is 16.7 Å². The van der Waals surface area contributed by atoms with Gasteiger partial charge in [-0.15, -0.1) is 0 Å². The van der Waals surface area contributed by atoms with Gasteiger partial charge >= 0.3 is 0 Å². The van der Waals surface area contributed by atoms with Crippen LogP contribution < -0.4 is 10.6 Å². The van der Waals surface area contributed by atoms with Crippen LogP contribution >= 0.6 is 15.9 Å². The van der Waals surface area contributed by atoms with Crippen LogP contribution in [0.4, 0.5) is 0 Å². The molecule has 1 heterocycles. The third-order valence-electron chi connectivity index (χ3n) is 2.08. The number of halogens is 1. The Kier molecular flexibility index (Phi) is 5.77. The van der Waals surface area contributed by atoms with E-state index in [0.717, 1.165) is 0 Å². The molecule has 0 bridgehead atoms. The van der Waals surface area contributed by atoms with Gasteiger partial charge in [0.25, 0.3) is 5.91 Å². The SMILES string of the molecule is CC(C)NC(=O)CCNC(=O)c1ccnc(Br)c1. The Balaban J connectivity index is 2.36. The van der Waals surface area contributed by atoms with Gasteiger partial charge in [0, 0.05) is 30.8 Å². The van der Waals surface area contributed by atoms with E-state index in [1.165, 1.54) is 0 Å². The lowest BCUT2D eigenvalue weighted by atomic mass is 10.2. The van der Waals surface area contributed by atoms with Gasteiger partial charge in [-0.3, -0.25) is 9.59 Å². The van der Waals surface area contributed by atoms with Crippen LogP contribution in [0.3, 0.4) is 0 Å². The van der Waals surface area contributed by atoms with Crippen molar-refractivity contribution in [3.05, 3.63) is 28.5 Å². The minimum absolute atomic E-state index is 0.0683. The number of carbonyl (C=O) groups excluding carboxylic acids is 2. The van der Waals surface area contributed by atoms with E-state index in [-0.39, 0.29) is 24.3 Å². The topological polar surface area (TPSA) is 71.1 Å². The molecule has 0 atom stereocenters. The van der Waals surface area contributed by atoms with E-state index in [1.807, 2.05) is 13.8 Å². The standard InChI is InChI=1S/C12H16BrN3O2/c1-8(2)16-11(17)4-6-15-12(18)9-3-5-14-10(13)7-9/h3,5,7-8H,4,6H2,1-2H3,(H,15,18)(H,16,17). The number of carbonyl (C=O) groups is 2. The molecule has 6 heteroatoms. The van der Waals surface area contributed by atoms with Gasteiger partial charge in [0.1, 0.15) is 4.60 Å². The first kappa shape index (κ1) is 14.6. The van der Waals surface area contributed by atoms with Gasteiger partial charge in [-0.1, -0.05) is 0 Å². The molecule has 2 amide bonds. The molecule has 0 saturated heterocycles. The van der Waals surface area contributed by atoms with Crippen molar-refractivity contribution in [2.24, 2.45) is 0 Å². The first-order valence-corrected chi connectivity index (χ1v) is 6.47. The average molecular weight is 314 g/mol. The van der Waals surface area contributed by atoms with Crippen molar-refractivity contribution in [3.63, 3.8) is 0 Å². The molecule has 0 aliphatic carbocycles. The summed E-state index contributed by atoms with van der Waals surface area (Å²) in [5.41, 5.74) is 0.515. The van der Waals surface area contributed by atoms with Crippen LogP contribution in [0.25, 0.3) is 0 Å². The monoisotopic (exact) mass is 313 g/mol. The van der Waals surface area contributed by atoms with Crippen LogP contribution in [0, 0.1) is 0 Å². The van der Waals surface area contributed by atoms with Crippen LogP contribution in [0.1, 0.15) is 30.6 Å². The summed E-state index contributed by atoms with van der Waals surface area (Å²) in [5, 5.41) is 5.44. The maximum absolute atomic E-state index is 11.7. The third-order valence-corrected chi connectivity index (χ3v) is 2.51. The molecule has 0 aromatic carbocycles. The molecule has 0 fully saturated rings. The Morgan fingerprint density at radius 1 is 1.44 bits per heavy atom. The summed E-state index contributed by atoms with van der Waals surface area (Å²) in [7, 11) is 0. The van der Waals surface area contributed by atoms with Crippen molar-refractivity contribution in [2.45, 2.75) is 26.3 Å². The molecule has 0 aliphatic heterocycles. The van der Waals surface area contributed by atoms with E-state index >= 15 is 0 Å². The zero-order valence-corrected chi connectivity index (χ0v) is 12.0. The van der Waals surface area contributed by atoms with Crippen molar-refractivity contribution < 1.29 is 9.59 Å². The lowest BCUT2D eigenvalue weighted by molar-refractivity contribution is -0.121. The molecule has 1 aromatic heterocycles. The third kappa shape index (κ3) is 5.27. The Labute approximate surface area is 114 Å². The van der Waals surface area contributed by atoms with Gasteiger partial charge in [0.05, 0.1) is 0 Å². The fourth-order valence-corrected chi connectivity index (χ4v) is 1.69. The molecular formula is C12H16BrN3O2. The minimum atomic E-state index is -0.213. The fourth-order valence-electron chi connectivity index (χ4n) is 1.33.